The maximum atomic E-state index is 11.7. The first-order valence-electron chi connectivity index (χ1n) is 11.8. The summed E-state index contributed by atoms with van der Waals surface area (Å²) in [5, 5.41) is 3.41. The number of anilines is 1. The normalized spacial score (nSPS) is 18.2. The van der Waals surface area contributed by atoms with E-state index in [2.05, 4.69) is 57.3 Å². The fourth-order valence-corrected chi connectivity index (χ4v) is 4.42. The summed E-state index contributed by atoms with van der Waals surface area (Å²) in [6, 6.07) is 10.7. The number of halogens is 1. The molecule has 0 bridgehead atoms. The first kappa shape index (κ1) is 26.7. The third-order valence-electron chi connectivity index (χ3n) is 6.30. The van der Waals surface area contributed by atoms with Crippen LogP contribution in [0.15, 0.2) is 35.3 Å². The number of benzene rings is 1. The number of piperazine rings is 1. The van der Waals surface area contributed by atoms with Gasteiger partial charge in [-0.3, -0.25) is 14.7 Å². The smallest absolute Gasteiger partial charge is 0.308 e. The molecule has 1 aromatic rings. The van der Waals surface area contributed by atoms with Crippen molar-refractivity contribution in [3.63, 3.8) is 0 Å². The number of nitrogens with one attached hydrogen (secondary N) is 1. The molecule has 0 saturated carbocycles. The number of hydrogen-bond acceptors (Lipinski definition) is 5. The minimum Gasteiger partial charge on any atom is -0.469 e. The summed E-state index contributed by atoms with van der Waals surface area (Å²) in [6.07, 6.45) is 3.96. The van der Waals surface area contributed by atoms with Gasteiger partial charge >= 0.3 is 5.97 Å². The number of unbranched alkanes of at least 4 members (excludes halogenated alkanes) is 1. The zero-order valence-corrected chi connectivity index (χ0v) is 22.0. The zero-order chi connectivity index (χ0) is 21.9. The van der Waals surface area contributed by atoms with E-state index < -0.39 is 0 Å². The predicted octanol–water partition coefficient (Wildman–Crippen LogP) is 3.06. The largest absolute Gasteiger partial charge is 0.469 e. The number of ether oxygens (including phenoxy) is 1. The monoisotopic (exact) mass is 557 g/mol. The van der Waals surface area contributed by atoms with Crippen molar-refractivity contribution in [1.82, 2.24) is 15.1 Å². The molecule has 2 fully saturated rings. The molecule has 2 aliphatic heterocycles. The summed E-state index contributed by atoms with van der Waals surface area (Å²) < 4.78 is 4.89. The predicted molar refractivity (Wildman–Crippen MR) is 142 cm³/mol. The van der Waals surface area contributed by atoms with E-state index >= 15 is 0 Å². The van der Waals surface area contributed by atoms with Crippen LogP contribution in [-0.4, -0.2) is 87.7 Å². The fourth-order valence-electron chi connectivity index (χ4n) is 4.42. The Balaban J connectivity index is 0.00000363. The number of methoxy groups -OCH3 is 1. The number of carbonyl (C=O) groups is 1. The van der Waals surface area contributed by atoms with Crippen molar-refractivity contribution in [1.29, 1.82) is 0 Å². The Morgan fingerprint density at radius 1 is 1.06 bits per heavy atom. The van der Waals surface area contributed by atoms with Gasteiger partial charge in [0.1, 0.15) is 0 Å². The molecule has 7 nitrogen and oxygen atoms in total. The van der Waals surface area contributed by atoms with Crippen LogP contribution in [0.2, 0.25) is 0 Å². The van der Waals surface area contributed by atoms with Crippen LogP contribution in [0.25, 0.3) is 0 Å². The number of nitrogens with zero attached hydrogens (tertiary/aromatic N) is 4. The van der Waals surface area contributed by atoms with Crippen molar-refractivity contribution >= 4 is 41.6 Å². The molecule has 1 N–H and O–H groups in total. The topological polar surface area (TPSA) is 60.4 Å². The number of guanidine groups is 1. The fraction of sp³-hybridized carbons (Fsp3) is 0.667. The average Bonchev–Trinajstić information content (AvgIpc) is 2.84. The summed E-state index contributed by atoms with van der Waals surface area (Å²) in [5.74, 6) is 0.944. The quantitative estimate of drug-likeness (QED) is 0.174. The number of para-hydroxylation sites is 1. The van der Waals surface area contributed by atoms with Gasteiger partial charge in [0.15, 0.2) is 5.96 Å². The first-order valence-corrected chi connectivity index (χ1v) is 11.8. The van der Waals surface area contributed by atoms with E-state index in [0.717, 1.165) is 84.1 Å². The van der Waals surface area contributed by atoms with E-state index in [1.54, 1.807) is 0 Å². The number of rotatable bonds is 8. The van der Waals surface area contributed by atoms with E-state index in [1.807, 2.05) is 0 Å². The van der Waals surface area contributed by atoms with Crippen molar-refractivity contribution in [3.8, 4) is 0 Å². The average molecular weight is 558 g/mol. The SMILES string of the molecule is CCNC(=NCCCCN1CCN(c2ccccc2)CC1)N1CCC(C(=O)OC)CC1.I. The number of aliphatic imine (C=N–C) groups is 1. The van der Waals surface area contributed by atoms with Gasteiger partial charge in [-0.15, -0.1) is 24.0 Å². The summed E-state index contributed by atoms with van der Waals surface area (Å²) in [4.78, 5) is 23.9. The number of likely N-dealkylation sites (tertiary alicyclic amines) is 1. The lowest BCUT2D eigenvalue weighted by Crippen LogP contribution is -2.47. The highest BCUT2D eigenvalue weighted by Gasteiger charge is 2.26. The molecule has 2 heterocycles. The summed E-state index contributed by atoms with van der Waals surface area (Å²) >= 11 is 0. The Morgan fingerprint density at radius 2 is 1.75 bits per heavy atom. The second-order valence-electron chi connectivity index (χ2n) is 8.39. The van der Waals surface area contributed by atoms with Crippen LogP contribution in [0.5, 0.6) is 0 Å². The van der Waals surface area contributed by atoms with E-state index in [9.17, 15) is 4.79 Å². The van der Waals surface area contributed by atoms with Gasteiger partial charge in [-0.25, -0.2) is 0 Å². The maximum Gasteiger partial charge on any atom is 0.308 e. The molecule has 1 aromatic carbocycles. The maximum absolute atomic E-state index is 11.7. The minimum absolute atomic E-state index is 0. The highest BCUT2D eigenvalue weighted by Crippen LogP contribution is 2.19. The molecular formula is C24H40IN5O2. The van der Waals surface area contributed by atoms with Crippen molar-refractivity contribution in [3.05, 3.63) is 30.3 Å². The Morgan fingerprint density at radius 3 is 2.38 bits per heavy atom. The third kappa shape index (κ3) is 8.10. The van der Waals surface area contributed by atoms with E-state index in [1.165, 1.54) is 19.2 Å². The lowest BCUT2D eigenvalue weighted by Gasteiger charge is -2.36. The van der Waals surface area contributed by atoms with Crippen molar-refractivity contribution < 1.29 is 9.53 Å². The highest BCUT2D eigenvalue weighted by molar-refractivity contribution is 14.0. The van der Waals surface area contributed by atoms with Gasteiger partial charge in [0.2, 0.25) is 0 Å². The molecule has 0 unspecified atom stereocenters. The number of hydrogen-bond donors (Lipinski definition) is 1. The molecule has 0 spiro atoms. The minimum atomic E-state index is -0.0776. The summed E-state index contributed by atoms with van der Waals surface area (Å²) in [6.45, 7) is 11.2. The molecule has 0 aliphatic carbocycles. The van der Waals surface area contributed by atoms with Gasteiger partial charge in [-0.05, 0) is 51.3 Å². The molecule has 2 aliphatic rings. The Labute approximate surface area is 210 Å². The highest BCUT2D eigenvalue weighted by atomic mass is 127. The van der Waals surface area contributed by atoms with Gasteiger partial charge in [0, 0.05) is 58.0 Å². The molecule has 0 atom stereocenters. The van der Waals surface area contributed by atoms with Crippen molar-refractivity contribution in [2.45, 2.75) is 32.6 Å². The van der Waals surface area contributed by atoms with Crippen LogP contribution in [-0.2, 0) is 9.53 Å². The van der Waals surface area contributed by atoms with Crippen LogP contribution < -0.4 is 10.2 Å². The van der Waals surface area contributed by atoms with Crippen molar-refractivity contribution in [2.75, 3.05) is 70.9 Å². The summed E-state index contributed by atoms with van der Waals surface area (Å²) in [7, 11) is 1.48. The van der Waals surface area contributed by atoms with Gasteiger partial charge in [0.25, 0.3) is 0 Å². The van der Waals surface area contributed by atoms with Crippen LogP contribution >= 0.6 is 24.0 Å². The molecule has 180 valence electrons. The molecule has 2 saturated heterocycles. The first-order chi connectivity index (χ1) is 15.2. The van der Waals surface area contributed by atoms with Gasteiger partial charge in [-0.1, -0.05) is 18.2 Å². The van der Waals surface area contributed by atoms with E-state index in [-0.39, 0.29) is 35.9 Å². The molecule has 3 rings (SSSR count). The van der Waals surface area contributed by atoms with Gasteiger partial charge in [-0.2, -0.15) is 0 Å². The van der Waals surface area contributed by atoms with Crippen LogP contribution in [0.1, 0.15) is 32.6 Å². The van der Waals surface area contributed by atoms with E-state index in [4.69, 9.17) is 9.73 Å². The second kappa shape index (κ2) is 14.6. The number of esters is 1. The Bertz CT molecular complexity index is 687. The van der Waals surface area contributed by atoms with Crippen LogP contribution in [0.4, 0.5) is 5.69 Å². The molecule has 8 heteroatoms. The molecular weight excluding hydrogens is 517 g/mol. The third-order valence-corrected chi connectivity index (χ3v) is 6.30. The molecule has 0 radical (unpaired) electrons. The lowest BCUT2D eigenvalue weighted by atomic mass is 9.97. The second-order valence-corrected chi connectivity index (χ2v) is 8.39. The number of carbonyl (C=O) groups excluding carboxylic acids is 1. The molecule has 0 amide bonds. The van der Waals surface area contributed by atoms with Crippen LogP contribution in [0, 0.1) is 5.92 Å². The lowest BCUT2D eigenvalue weighted by molar-refractivity contribution is -0.146. The molecule has 32 heavy (non-hydrogen) atoms. The van der Waals surface area contributed by atoms with Gasteiger partial charge < -0.3 is 19.9 Å². The van der Waals surface area contributed by atoms with E-state index in [0.29, 0.717) is 0 Å². The Hall–Kier alpha value is -1.55. The Kier molecular flexibility index (Phi) is 12.2. The standard InChI is InChI=1S/C24H39N5O2.HI/c1-3-25-24(29-15-11-21(12-16-29)23(30)31-2)26-13-7-8-14-27-17-19-28(20-18-27)22-9-5-4-6-10-22;/h4-6,9-10,21H,3,7-8,11-20H2,1-2H3,(H,25,26);1H. The van der Waals surface area contributed by atoms with Crippen molar-refractivity contribution in [2.24, 2.45) is 10.9 Å². The summed E-state index contributed by atoms with van der Waals surface area (Å²) in [5.41, 5.74) is 1.34. The molecule has 0 aromatic heterocycles. The van der Waals surface area contributed by atoms with Gasteiger partial charge in [0.05, 0.1) is 13.0 Å². The number of piperidine rings is 1. The van der Waals surface area contributed by atoms with Crippen LogP contribution in [0.3, 0.4) is 0 Å². The zero-order valence-electron chi connectivity index (χ0n) is 19.7.